The second kappa shape index (κ2) is 9.22. The Morgan fingerprint density at radius 3 is 2.34 bits per heavy atom. The molecule has 1 amide bonds. The van der Waals surface area contributed by atoms with Crippen LogP contribution in [0.4, 0.5) is 11.4 Å². The number of amides is 1. The number of halogens is 1. The number of nitrogens with zero attached hydrogens (tertiary/aromatic N) is 3. The largest absolute Gasteiger partial charge is 0.495 e. The van der Waals surface area contributed by atoms with E-state index in [9.17, 15) is 13.2 Å². The van der Waals surface area contributed by atoms with Crippen LogP contribution in [0.15, 0.2) is 47.4 Å². The molecule has 8 nitrogen and oxygen atoms in total. The van der Waals surface area contributed by atoms with Crippen molar-refractivity contribution in [3.05, 3.63) is 64.4 Å². The number of ether oxygens (including phenoxy) is 1. The second-order valence-electron chi connectivity index (χ2n) is 7.37. The number of benzene rings is 2. The van der Waals surface area contributed by atoms with E-state index in [4.69, 9.17) is 16.3 Å². The number of carbonyl (C=O) groups excluding carboxylic acids is 1. The molecule has 3 aromatic rings. The lowest BCUT2D eigenvalue weighted by atomic mass is 10.2. The van der Waals surface area contributed by atoms with Gasteiger partial charge in [0, 0.05) is 12.7 Å². The SMILES string of the molecule is COc1ccc(NC(=O)CN(c2ccc(C)cc2)S(=O)(=O)c2c(C)nn(C)c2C)cc1Cl. The summed E-state index contributed by atoms with van der Waals surface area (Å²) in [6.45, 7) is 4.78. The molecular weight excluding hydrogens is 452 g/mol. The molecule has 1 heterocycles. The summed E-state index contributed by atoms with van der Waals surface area (Å²) in [4.78, 5) is 13.0. The Bertz CT molecular complexity index is 1250. The van der Waals surface area contributed by atoms with Crippen LogP contribution in [0.3, 0.4) is 0 Å². The van der Waals surface area contributed by atoms with Gasteiger partial charge < -0.3 is 10.1 Å². The number of nitrogens with one attached hydrogen (secondary N) is 1. The standard InChI is InChI=1S/C22H25ClN4O4S/c1-14-6-9-18(10-7-14)27(32(29,30)22-15(2)25-26(4)16(22)3)13-21(28)24-17-8-11-20(31-5)19(23)12-17/h6-12H,13H2,1-5H3,(H,24,28). The number of anilines is 2. The van der Waals surface area contributed by atoms with Crippen LogP contribution in [-0.2, 0) is 21.9 Å². The van der Waals surface area contributed by atoms with E-state index in [-0.39, 0.29) is 4.90 Å². The minimum Gasteiger partial charge on any atom is -0.495 e. The summed E-state index contributed by atoms with van der Waals surface area (Å²) in [5, 5.41) is 7.25. The first-order valence-electron chi connectivity index (χ1n) is 9.77. The van der Waals surface area contributed by atoms with E-state index in [1.165, 1.54) is 11.8 Å². The molecule has 0 atom stereocenters. The fourth-order valence-electron chi connectivity index (χ4n) is 3.34. The van der Waals surface area contributed by atoms with Gasteiger partial charge >= 0.3 is 0 Å². The summed E-state index contributed by atoms with van der Waals surface area (Å²) in [6.07, 6.45) is 0. The highest BCUT2D eigenvalue weighted by Gasteiger charge is 2.32. The predicted molar refractivity (Wildman–Crippen MR) is 125 cm³/mol. The third kappa shape index (κ3) is 4.73. The normalized spacial score (nSPS) is 11.3. The van der Waals surface area contributed by atoms with E-state index in [0.717, 1.165) is 9.87 Å². The van der Waals surface area contributed by atoms with Crippen LogP contribution in [-0.4, -0.2) is 37.8 Å². The average molecular weight is 477 g/mol. The maximum atomic E-state index is 13.7. The third-order valence-corrected chi connectivity index (χ3v) is 7.36. The van der Waals surface area contributed by atoms with Crippen LogP contribution >= 0.6 is 11.6 Å². The number of carbonyl (C=O) groups is 1. The lowest BCUT2D eigenvalue weighted by molar-refractivity contribution is -0.114. The van der Waals surface area contributed by atoms with Crippen molar-refractivity contribution in [1.29, 1.82) is 0 Å². The van der Waals surface area contributed by atoms with Crippen LogP contribution in [0, 0.1) is 20.8 Å². The summed E-state index contributed by atoms with van der Waals surface area (Å²) in [6, 6.07) is 11.7. The Hall–Kier alpha value is -3.04. The maximum Gasteiger partial charge on any atom is 0.268 e. The van der Waals surface area contributed by atoms with Crippen molar-refractivity contribution in [3.8, 4) is 5.75 Å². The monoisotopic (exact) mass is 476 g/mol. The lowest BCUT2D eigenvalue weighted by Gasteiger charge is -2.24. The van der Waals surface area contributed by atoms with Crippen molar-refractivity contribution in [2.45, 2.75) is 25.7 Å². The zero-order valence-corrected chi connectivity index (χ0v) is 20.1. The molecule has 0 unspecified atom stereocenters. The maximum absolute atomic E-state index is 13.7. The molecule has 0 saturated heterocycles. The van der Waals surface area contributed by atoms with Gasteiger partial charge in [-0.3, -0.25) is 13.8 Å². The predicted octanol–water partition coefficient (Wildman–Crippen LogP) is 3.84. The molecule has 1 aromatic heterocycles. The summed E-state index contributed by atoms with van der Waals surface area (Å²) in [7, 11) is -0.900. The molecule has 0 bridgehead atoms. The fraction of sp³-hybridized carbons (Fsp3) is 0.273. The number of sulfonamides is 1. The first kappa shape index (κ1) is 23.6. The van der Waals surface area contributed by atoms with Gasteiger partial charge in [-0.15, -0.1) is 0 Å². The van der Waals surface area contributed by atoms with Crippen molar-refractivity contribution in [2.75, 3.05) is 23.3 Å². The molecule has 0 saturated carbocycles. The highest BCUT2D eigenvalue weighted by Crippen LogP contribution is 2.29. The molecule has 0 aliphatic heterocycles. The third-order valence-electron chi connectivity index (χ3n) is 5.04. The van der Waals surface area contributed by atoms with Crippen molar-refractivity contribution in [3.63, 3.8) is 0 Å². The van der Waals surface area contributed by atoms with Gasteiger partial charge in [-0.25, -0.2) is 8.42 Å². The lowest BCUT2D eigenvalue weighted by Crippen LogP contribution is -2.38. The van der Waals surface area contributed by atoms with Crippen LogP contribution in [0.2, 0.25) is 5.02 Å². The van der Waals surface area contributed by atoms with Crippen molar-refractivity contribution < 1.29 is 17.9 Å². The van der Waals surface area contributed by atoms with E-state index >= 15 is 0 Å². The number of aromatic nitrogens is 2. The van der Waals surface area contributed by atoms with Gasteiger partial charge in [-0.2, -0.15) is 5.10 Å². The highest BCUT2D eigenvalue weighted by molar-refractivity contribution is 7.93. The molecule has 0 spiro atoms. The minimum absolute atomic E-state index is 0.0841. The topological polar surface area (TPSA) is 93.5 Å². The summed E-state index contributed by atoms with van der Waals surface area (Å²) in [5.41, 5.74) is 2.63. The van der Waals surface area contributed by atoms with Gasteiger partial charge in [0.05, 0.1) is 29.2 Å². The summed E-state index contributed by atoms with van der Waals surface area (Å²) in [5.74, 6) is -0.0503. The Balaban J connectivity index is 1.97. The quantitative estimate of drug-likeness (QED) is 0.559. The molecule has 0 aliphatic rings. The summed E-state index contributed by atoms with van der Waals surface area (Å²) < 4.78 is 35.0. The second-order valence-corrected chi connectivity index (χ2v) is 9.57. The van der Waals surface area contributed by atoms with Crippen LogP contribution < -0.4 is 14.4 Å². The van der Waals surface area contributed by atoms with Gasteiger partial charge in [0.25, 0.3) is 10.0 Å². The Kier molecular flexibility index (Phi) is 6.80. The number of hydrogen-bond donors (Lipinski definition) is 1. The van der Waals surface area contributed by atoms with E-state index in [0.29, 0.717) is 33.5 Å². The van der Waals surface area contributed by atoms with Crippen molar-refractivity contribution in [2.24, 2.45) is 7.05 Å². The first-order valence-corrected chi connectivity index (χ1v) is 11.6. The average Bonchev–Trinajstić information content (AvgIpc) is 2.99. The van der Waals surface area contributed by atoms with Crippen LogP contribution in [0.25, 0.3) is 0 Å². The van der Waals surface area contributed by atoms with Crippen molar-refractivity contribution >= 4 is 38.9 Å². The van der Waals surface area contributed by atoms with Gasteiger partial charge in [0.1, 0.15) is 17.2 Å². The molecule has 10 heteroatoms. The van der Waals surface area contributed by atoms with E-state index in [1.807, 2.05) is 6.92 Å². The Morgan fingerprint density at radius 2 is 1.81 bits per heavy atom. The van der Waals surface area contributed by atoms with Gasteiger partial charge in [0.15, 0.2) is 0 Å². The molecule has 32 heavy (non-hydrogen) atoms. The first-order chi connectivity index (χ1) is 15.0. The Morgan fingerprint density at radius 1 is 1.16 bits per heavy atom. The number of aryl methyl sites for hydroxylation is 3. The summed E-state index contributed by atoms with van der Waals surface area (Å²) >= 11 is 6.13. The Labute approximate surface area is 192 Å². The van der Waals surface area contributed by atoms with Crippen molar-refractivity contribution in [1.82, 2.24) is 9.78 Å². The zero-order valence-electron chi connectivity index (χ0n) is 18.5. The van der Waals surface area contributed by atoms with Crippen LogP contribution in [0.1, 0.15) is 17.0 Å². The minimum atomic E-state index is -4.07. The molecule has 0 fully saturated rings. The molecular formula is C22H25ClN4O4S. The molecule has 170 valence electrons. The fourth-order valence-corrected chi connectivity index (χ4v) is 5.42. The number of hydrogen-bond acceptors (Lipinski definition) is 5. The number of rotatable bonds is 7. The smallest absolute Gasteiger partial charge is 0.268 e. The molecule has 0 radical (unpaired) electrons. The highest BCUT2D eigenvalue weighted by atomic mass is 35.5. The number of methoxy groups -OCH3 is 1. The molecule has 1 N–H and O–H groups in total. The van der Waals surface area contributed by atoms with E-state index < -0.39 is 22.5 Å². The van der Waals surface area contributed by atoms with Crippen LogP contribution in [0.5, 0.6) is 5.75 Å². The van der Waals surface area contributed by atoms with Gasteiger partial charge in [0.2, 0.25) is 5.91 Å². The zero-order chi connectivity index (χ0) is 23.6. The molecule has 2 aromatic carbocycles. The molecule has 0 aliphatic carbocycles. The van der Waals surface area contributed by atoms with Gasteiger partial charge in [-0.1, -0.05) is 29.3 Å². The van der Waals surface area contributed by atoms with E-state index in [1.54, 1.807) is 63.4 Å². The van der Waals surface area contributed by atoms with Gasteiger partial charge in [-0.05, 0) is 51.1 Å². The molecule has 3 rings (SSSR count). The van der Waals surface area contributed by atoms with E-state index in [2.05, 4.69) is 10.4 Å².